The molecule has 3 heterocycles. The summed E-state index contributed by atoms with van der Waals surface area (Å²) in [4.78, 5) is 5.94. The Morgan fingerprint density at radius 3 is 2.87 bits per heavy atom. The summed E-state index contributed by atoms with van der Waals surface area (Å²) in [6, 6.07) is 9.87. The van der Waals surface area contributed by atoms with Crippen LogP contribution in [0.3, 0.4) is 0 Å². The van der Waals surface area contributed by atoms with Crippen LogP contribution in [-0.2, 0) is 19.4 Å². The third kappa shape index (κ3) is 5.23. The average Bonchev–Trinajstić information content (AvgIpc) is 3.53. The zero-order valence-corrected chi connectivity index (χ0v) is 19.4. The predicted octanol–water partition coefficient (Wildman–Crippen LogP) is 5.94. The van der Waals surface area contributed by atoms with Crippen molar-refractivity contribution in [3.63, 3.8) is 0 Å². The van der Waals surface area contributed by atoms with Crippen molar-refractivity contribution in [1.82, 2.24) is 30.2 Å². The number of benzene rings is 1. The molecular weight excluding hydrogens is 451 g/mol. The van der Waals surface area contributed by atoms with Crippen LogP contribution in [0.25, 0.3) is 11.6 Å². The number of hydrogen-bond acceptors (Lipinski definition) is 5. The van der Waals surface area contributed by atoms with E-state index in [0.29, 0.717) is 28.8 Å². The molecule has 0 saturated heterocycles. The van der Waals surface area contributed by atoms with E-state index in [0.717, 1.165) is 41.9 Å². The molecule has 0 bridgehead atoms. The third-order valence-corrected chi connectivity index (χ3v) is 6.72. The first kappa shape index (κ1) is 21.7. The second kappa shape index (κ2) is 10.2. The van der Waals surface area contributed by atoms with Gasteiger partial charge in [-0.1, -0.05) is 54.7 Å². The number of aromatic amines is 1. The molecule has 1 aromatic carbocycles. The lowest BCUT2D eigenvalue weighted by atomic mass is 10.1. The van der Waals surface area contributed by atoms with Crippen LogP contribution in [0.1, 0.15) is 47.5 Å². The number of tetrazole rings is 1. The maximum atomic E-state index is 6.49. The summed E-state index contributed by atoms with van der Waals surface area (Å²) < 4.78 is 2.20. The number of imidazole rings is 1. The Morgan fingerprint density at radius 2 is 2.13 bits per heavy atom. The number of halogens is 2. The van der Waals surface area contributed by atoms with Gasteiger partial charge in [0, 0.05) is 23.3 Å². The molecule has 0 saturated carbocycles. The molecule has 0 radical (unpaired) electrons. The second-order valence-corrected chi connectivity index (χ2v) is 8.98. The number of nitrogens with one attached hydrogen (secondary N) is 1. The first-order valence-electron chi connectivity index (χ1n) is 10.1. The molecule has 6 nitrogen and oxygen atoms in total. The normalized spacial score (nSPS) is 11.9. The molecule has 0 amide bonds. The number of hydrogen-bond donors (Lipinski definition) is 1. The summed E-state index contributed by atoms with van der Waals surface area (Å²) in [7, 11) is 0. The summed E-state index contributed by atoms with van der Waals surface area (Å²) in [5.41, 5.74) is 2.90. The molecule has 31 heavy (non-hydrogen) atoms. The van der Waals surface area contributed by atoms with Crippen LogP contribution in [0.2, 0.25) is 10.0 Å². The summed E-state index contributed by atoms with van der Waals surface area (Å²) >= 11 is 14.4. The number of H-pyrrole nitrogens is 1. The molecule has 4 rings (SSSR count). The molecule has 0 aliphatic carbocycles. The quantitative estimate of drug-likeness (QED) is 0.327. The van der Waals surface area contributed by atoms with Gasteiger partial charge >= 0.3 is 0 Å². The van der Waals surface area contributed by atoms with E-state index in [9.17, 15) is 0 Å². The molecule has 0 fully saturated rings. The largest absolute Gasteiger partial charge is 0.324 e. The van der Waals surface area contributed by atoms with E-state index in [1.54, 1.807) is 17.4 Å². The fraction of sp³-hybridized carbons (Fsp3) is 0.273. The molecule has 0 unspecified atom stereocenters. The van der Waals surface area contributed by atoms with Gasteiger partial charge in [-0.2, -0.15) is 5.21 Å². The van der Waals surface area contributed by atoms with E-state index in [2.05, 4.69) is 49.6 Å². The van der Waals surface area contributed by atoms with E-state index in [-0.39, 0.29) is 0 Å². The van der Waals surface area contributed by atoms with Crippen molar-refractivity contribution in [2.24, 2.45) is 0 Å². The van der Waals surface area contributed by atoms with Gasteiger partial charge in [0.15, 0.2) is 0 Å². The summed E-state index contributed by atoms with van der Waals surface area (Å²) in [6.07, 6.45) is 7.76. The minimum absolute atomic E-state index is 0.552. The van der Waals surface area contributed by atoms with Gasteiger partial charge in [0.25, 0.3) is 0 Å². The highest BCUT2D eigenvalue weighted by Gasteiger charge is 2.15. The van der Waals surface area contributed by atoms with Crippen LogP contribution in [0.15, 0.2) is 41.9 Å². The van der Waals surface area contributed by atoms with Crippen LogP contribution < -0.4 is 0 Å². The Kier molecular flexibility index (Phi) is 7.17. The van der Waals surface area contributed by atoms with Gasteiger partial charge in [0.2, 0.25) is 5.82 Å². The molecule has 1 N–H and O–H groups in total. The molecule has 0 spiro atoms. The molecule has 0 aliphatic rings. The Morgan fingerprint density at radius 1 is 1.23 bits per heavy atom. The van der Waals surface area contributed by atoms with Crippen molar-refractivity contribution >= 4 is 46.2 Å². The highest BCUT2D eigenvalue weighted by Crippen LogP contribution is 2.28. The summed E-state index contributed by atoms with van der Waals surface area (Å²) in [5.74, 6) is 1.60. The number of thiophene rings is 1. The SMILES string of the molecule is CCCCc1ncc(/C=C(\Cc2cccs2)c2nn[nH]n2)n1Cc1cccc(Cl)c1Cl. The van der Waals surface area contributed by atoms with E-state index in [1.165, 1.54) is 4.88 Å². The Hall–Kier alpha value is -2.48. The van der Waals surface area contributed by atoms with Crippen molar-refractivity contribution in [2.75, 3.05) is 0 Å². The predicted molar refractivity (Wildman–Crippen MR) is 126 cm³/mol. The standard InChI is InChI=1S/C22H22Cl2N6S/c1-2-3-9-20-25-13-17(30(20)14-15-6-4-8-19(23)21(15)24)11-16(22-26-28-29-27-22)12-18-7-5-10-31-18/h4-8,10-11,13H,2-3,9,12,14H2,1H3,(H,26,27,28,29)/b16-11+. The highest BCUT2D eigenvalue weighted by atomic mass is 35.5. The van der Waals surface area contributed by atoms with Gasteiger partial charge < -0.3 is 4.57 Å². The Bertz CT molecular complexity index is 1150. The topological polar surface area (TPSA) is 72.3 Å². The number of rotatable bonds is 9. The van der Waals surface area contributed by atoms with Crippen LogP contribution in [0.4, 0.5) is 0 Å². The summed E-state index contributed by atoms with van der Waals surface area (Å²) in [6.45, 7) is 2.76. The van der Waals surface area contributed by atoms with Gasteiger partial charge in [-0.05, 0) is 40.8 Å². The molecular formula is C22H22Cl2N6S. The molecule has 4 aromatic rings. The maximum Gasteiger partial charge on any atom is 0.201 e. The Labute approximate surface area is 194 Å². The van der Waals surface area contributed by atoms with Crippen molar-refractivity contribution < 1.29 is 0 Å². The number of unbranched alkanes of at least 4 members (excludes halogenated alkanes) is 1. The van der Waals surface area contributed by atoms with E-state index >= 15 is 0 Å². The van der Waals surface area contributed by atoms with Gasteiger partial charge in [-0.25, -0.2) is 4.98 Å². The van der Waals surface area contributed by atoms with E-state index in [4.69, 9.17) is 28.2 Å². The lowest BCUT2D eigenvalue weighted by Gasteiger charge is -2.13. The van der Waals surface area contributed by atoms with Crippen LogP contribution in [0, 0.1) is 0 Å². The molecule has 0 aliphatic heterocycles. The number of allylic oxidation sites excluding steroid dienone is 1. The monoisotopic (exact) mass is 472 g/mol. The number of nitrogens with zero attached hydrogens (tertiary/aromatic N) is 5. The average molecular weight is 473 g/mol. The number of aryl methyl sites for hydroxylation is 1. The van der Waals surface area contributed by atoms with Crippen molar-refractivity contribution in [2.45, 2.75) is 39.2 Å². The third-order valence-electron chi connectivity index (χ3n) is 4.98. The smallest absolute Gasteiger partial charge is 0.201 e. The van der Waals surface area contributed by atoms with Crippen LogP contribution >= 0.6 is 34.5 Å². The van der Waals surface area contributed by atoms with Crippen molar-refractivity contribution in [1.29, 1.82) is 0 Å². The first-order valence-corrected chi connectivity index (χ1v) is 11.7. The number of aromatic nitrogens is 6. The van der Waals surface area contributed by atoms with E-state index in [1.807, 2.05) is 24.4 Å². The van der Waals surface area contributed by atoms with Crippen LogP contribution in [-0.4, -0.2) is 30.2 Å². The lowest BCUT2D eigenvalue weighted by Crippen LogP contribution is -2.08. The van der Waals surface area contributed by atoms with Crippen molar-refractivity contribution in [3.8, 4) is 0 Å². The Balaban J connectivity index is 1.75. The van der Waals surface area contributed by atoms with Gasteiger partial charge in [0.1, 0.15) is 5.82 Å². The fourth-order valence-corrected chi connectivity index (χ4v) is 4.48. The molecule has 9 heteroatoms. The van der Waals surface area contributed by atoms with Crippen LogP contribution in [0.5, 0.6) is 0 Å². The zero-order valence-electron chi connectivity index (χ0n) is 17.1. The minimum Gasteiger partial charge on any atom is -0.324 e. The summed E-state index contributed by atoms with van der Waals surface area (Å²) in [5, 5.41) is 17.9. The van der Waals surface area contributed by atoms with Gasteiger partial charge in [-0.3, -0.25) is 0 Å². The minimum atomic E-state index is 0.552. The van der Waals surface area contributed by atoms with E-state index < -0.39 is 0 Å². The van der Waals surface area contributed by atoms with Crippen molar-refractivity contribution in [3.05, 3.63) is 79.7 Å². The second-order valence-electron chi connectivity index (χ2n) is 7.16. The van der Waals surface area contributed by atoms with Gasteiger partial charge in [-0.15, -0.1) is 21.5 Å². The fourth-order valence-electron chi connectivity index (χ4n) is 3.37. The van der Waals surface area contributed by atoms with Gasteiger partial charge in [0.05, 0.1) is 28.5 Å². The lowest BCUT2D eigenvalue weighted by molar-refractivity contribution is 0.675. The first-order chi connectivity index (χ1) is 15.2. The molecule has 0 atom stereocenters. The molecule has 3 aromatic heterocycles. The zero-order chi connectivity index (χ0) is 21.6. The highest BCUT2D eigenvalue weighted by molar-refractivity contribution is 7.10. The molecule has 160 valence electrons. The maximum absolute atomic E-state index is 6.49.